The summed E-state index contributed by atoms with van der Waals surface area (Å²) < 4.78 is 13.2. The van der Waals surface area contributed by atoms with Gasteiger partial charge < -0.3 is 10.4 Å². The number of carbonyl (C=O) groups excluding carboxylic acids is 1. The van der Waals surface area contributed by atoms with E-state index in [4.69, 9.17) is 5.11 Å². The Hall–Kier alpha value is -1.86. The van der Waals surface area contributed by atoms with Crippen LogP contribution in [0.5, 0.6) is 0 Å². The van der Waals surface area contributed by atoms with Crippen molar-refractivity contribution < 1.29 is 14.3 Å². The van der Waals surface area contributed by atoms with E-state index >= 15 is 0 Å². The molecule has 0 bridgehead atoms. The first-order valence-electron chi connectivity index (χ1n) is 6.30. The molecule has 0 radical (unpaired) electrons. The van der Waals surface area contributed by atoms with E-state index in [1.54, 1.807) is 0 Å². The molecule has 2 N–H and O–H groups in total. The lowest BCUT2D eigenvalue weighted by Crippen LogP contribution is -2.43. The van der Waals surface area contributed by atoms with Crippen molar-refractivity contribution in [1.82, 2.24) is 5.32 Å². The molecule has 1 fully saturated rings. The van der Waals surface area contributed by atoms with Crippen LogP contribution in [0.25, 0.3) is 0 Å². The van der Waals surface area contributed by atoms with Crippen molar-refractivity contribution in [3.63, 3.8) is 0 Å². The number of aliphatic hydroxyl groups is 1. The number of nitrogens with one attached hydrogen (secondary N) is 1. The second kappa shape index (κ2) is 5.85. The predicted molar refractivity (Wildman–Crippen MR) is 70.0 cm³/mol. The van der Waals surface area contributed by atoms with Gasteiger partial charge in [0, 0.05) is 11.6 Å². The Balaban J connectivity index is 2.16. The summed E-state index contributed by atoms with van der Waals surface area (Å²) >= 11 is 0. The summed E-state index contributed by atoms with van der Waals surface area (Å²) in [6, 6.07) is 4.07. The second-order valence-corrected chi connectivity index (χ2v) is 4.90. The van der Waals surface area contributed by atoms with Crippen molar-refractivity contribution in [2.45, 2.75) is 25.8 Å². The molecular weight excluding hydrogens is 245 g/mol. The molecule has 0 spiro atoms. The first-order chi connectivity index (χ1) is 9.10. The number of hydrogen-bond acceptors (Lipinski definition) is 2. The van der Waals surface area contributed by atoms with E-state index in [2.05, 4.69) is 24.1 Å². The highest BCUT2D eigenvalue weighted by Crippen LogP contribution is 2.26. The Bertz CT molecular complexity index is 539. The number of halogens is 1. The van der Waals surface area contributed by atoms with E-state index in [1.165, 1.54) is 18.2 Å². The number of hydrogen-bond donors (Lipinski definition) is 2. The first-order valence-corrected chi connectivity index (χ1v) is 6.30. The molecule has 0 atom stereocenters. The minimum Gasteiger partial charge on any atom is -0.384 e. The average Bonchev–Trinajstić information content (AvgIpc) is 2.34. The van der Waals surface area contributed by atoms with Crippen LogP contribution in [-0.2, 0) is 0 Å². The van der Waals surface area contributed by atoms with Crippen molar-refractivity contribution >= 4 is 5.91 Å². The lowest BCUT2D eigenvalue weighted by atomic mass is 9.82. The van der Waals surface area contributed by atoms with Gasteiger partial charge in [-0.25, -0.2) is 4.39 Å². The zero-order valence-electron chi connectivity index (χ0n) is 10.7. The fraction of sp³-hybridized carbons (Fsp3) is 0.400. The van der Waals surface area contributed by atoms with Crippen LogP contribution in [0.3, 0.4) is 0 Å². The average molecular weight is 261 g/mol. The molecule has 1 aliphatic rings. The molecule has 0 aliphatic heterocycles. The zero-order valence-corrected chi connectivity index (χ0v) is 10.7. The normalized spacial score (nSPS) is 21.0. The molecule has 4 heteroatoms. The Kier molecular flexibility index (Phi) is 4.18. The van der Waals surface area contributed by atoms with Crippen molar-refractivity contribution in [2.24, 2.45) is 5.92 Å². The first kappa shape index (κ1) is 13.6. The quantitative estimate of drug-likeness (QED) is 0.796. The molecule has 1 aliphatic carbocycles. The van der Waals surface area contributed by atoms with Crippen molar-refractivity contribution in [3.05, 3.63) is 35.1 Å². The van der Waals surface area contributed by atoms with Gasteiger partial charge >= 0.3 is 0 Å². The molecule has 0 unspecified atom stereocenters. The van der Waals surface area contributed by atoms with Crippen molar-refractivity contribution in [1.29, 1.82) is 0 Å². The van der Waals surface area contributed by atoms with E-state index in [9.17, 15) is 9.18 Å². The van der Waals surface area contributed by atoms with Crippen LogP contribution < -0.4 is 5.32 Å². The zero-order chi connectivity index (χ0) is 13.8. The fourth-order valence-electron chi connectivity index (χ4n) is 2.24. The predicted octanol–water partition coefficient (Wildman–Crippen LogP) is 1.70. The van der Waals surface area contributed by atoms with Crippen molar-refractivity contribution in [3.8, 4) is 11.8 Å². The minimum absolute atomic E-state index is 0.200. The van der Waals surface area contributed by atoms with Crippen LogP contribution in [-0.4, -0.2) is 23.7 Å². The third-order valence-electron chi connectivity index (χ3n) is 3.24. The molecule has 1 saturated carbocycles. The largest absolute Gasteiger partial charge is 0.384 e. The number of amides is 1. The van der Waals surface area contributed by atoms with Crippen LogP contribution in [0.2, 0.25) is 0 Å². The minimum atomic E-state index is -0.448. The summed E-state index contributed by atoms with van der Waals surface area (Å²) in [5, 5.41) is 11.6. The number of rotatable bonds is 2. The van der Waals surface area contributed by atoms with Gasteiger partial charge in [0.15, 0.2) is 0 Å². The smallest absolute Gasteiger partial charge is 0.252 e. The maximum Gasteiger partial charge on any atom is 0.252 e. The van der Waals surface area contributed by atoms with Gasteiger partial charge in [-0.15, -0.1) is 0 Å². The van der Waals surface area contributed by atoms with E-state index in [0.717, 1.165) is 12.8 Å². The van der Waals surface area contributed by atoms with E-state index in [1.807, 2.05) is 0 Å². The third-order valence-corrected chi connectivity index (χ3v) is 3.24. The van der Waals surface area contributed by atoms with Gasteiger partial charge in [-0.3, -0.25) is 4.79 Å². The lowest BCUT2D eigenvalue weighted by molar-refractivity contribution is 0.0896. The number of benzene rings is 1. The monoisotopic (exact) mass is 261 g/mol. The topological polar surface area (TPSA) is 49.3 Å². The maximum atomic E-state index is 13.2. The van der Waals surface area contributed by atoms with Crippen LogP contribution in [0, 0.1) is 23.6 Å². The molecule has 2 rings (SSSR count). The summed E-state index contributed by atoms with van der Waals surface area (Å²) in [4.78, 5) is 12.1. The van der Waals surface area contributed by atoms with Gasteiger partial charge in [0.05, 0.1) is 5.56 Å². The number of carbonyl (C=O) groups is 1. The van der Waals surface area contributed by atoms with E-state index < -0.39 is 5.82 Å². The summed E-state index contributed by atoms with van der Waals surface area (Å²) in [5.74, 6) is 5.00. The Morgan fingerprint density at radius 1 is 1.53 bits per heavy atom. The molecule has 100 valence electrons. The Morgan fingerprint density at radius 3 is 2.89 bits per heavy atom. The van der Waals surface area contributed by atoms with Crippen LogP contribution in [0.15, 0.2) is 18.2 Å². The highest BCUT2D eigenvalue weighted by molar-refractivity contribution is 5.97. The third kappa shape index (κ3) is 3.33. The molecule has 1 aromatic carbocycles. The SMILES string of the molecule is CC1CC(NC(=O)c2ccc(F)cc2C#CCO)C1. The van der Waals surface area contributed by atoms with Gasteiger partial charge in [0.2, 0.25) is 0 Å². The molecule has 1 aromatic rings. The lowest BCUT2D eigenvalue weighted by Gasteiger charge is -2.33. The fourth-order valence-corrected chi connectivity index (χ4v) is 2.24. The van der Waals surface area contributed by atoms with Gasteiger partial charge in [0.1, 0.15) is 12.4 Å². The van der Waals surface area contributed by atoms with Crippen LogP contribution in [0.4, 0.5) is 4.39 Å². The summed E-state index contributed by atoms with van der Waals surface area (Å²) in [7, 11) is 0. The summed E-state index contributed by atoms with van der Waals surface area (Å²) in [6.45, 7) is 1.82. The molecule has 1 amide bonds. The van der Waals surface area contributed by atoms with E-state index in [0.29, 0.717) is 17.0 Å². The molecule has 0 saturated heterocycles. The van der Waals surface area contributed by atoms with Gasteiger partial charge in [0.25, 0.3) is 5.91 Å². The van der Waals surface area contributed by atoms with Crippen LogP contribution >= 0.6 is 0 Å². The molecule has 0 heterocycles. The van der Waals surface area contributed by atoms with Crippen molar-refractivity contribution in [2.75, 3.05) is 6.61 Å². The Morgan fingerprint density at radius 2 is 2.26 bits per heavy atom. The highest BCUT2D eigenvalue weighted by Gasteiger charge is 2.27. The molecule has 19 heavy (non-hydrogen) atoms. The van der Waals surface area contributed by atoms with Gasteiger partial charge in [-0.1, -0.05) is 18.8 Å². The Labute approximate surface area is 111 Å². The van der Waals surface area contributed by atoms with Gasteiger partial charge in [-0.2, -0.15) is 0 Å². The summed E-state index contributed by atoms with van der Waals surface area (Å²) in [5.41, 5.74) is 0.654. The molecule has 3 nitrogen and oxygen atoms in total. The second-order valence-electron chi connectivity index (χ2n) is 4.90. The van der Waals surface area contributed by atoms with E-state index in [-0.39, 0.29) is 18.6 Å². The van der Waals surface area contributed by atoms with Crippen LogP contribution in [0.1, 0.15) is 35.7 Å². The standard InChI is InChI=1S/C15H16FNO2/c1-10-7-13(8-10)17-15(19)14-5-4-12(16)9-11(14)3-2-6-18/h4-5,9-10,13,18H,6-8H2,1H3,(H,17,19). The highest BCUT2D eigenvalue weighted by atomic mass is 19.1. The summed E-state index contributed by atoms with van der Waals surface area (Å²) in [6.07, 6.45) is 1.95. The molecular formula is C15H16FNO2. The number of aliphatic hydroxyl groups excluding tert-OH is 1. The molecule has 0 aromatic heterocycles. The maximum absolute atomic E-state index is 13.2. The van der Waals surface area contributed by atoms with Gasteiger partial charge in [-0.05, 0) is 37.0 Å².